The fraction of sp³-hybridized carbons (Fsp3) is 0.632. The van der Waals surface area contributed by atoms with Crippen LogP contribution in [0.3, 0.4) is 0 Å². The van der Waals surface area contributed by atoms with Crippen LogP contribution in [-0.2, 0) is 4.74 Å². The van der Waals surface area contributed by atoms with Gasteiger partial charge in [0.15, 0.2) is 0 Å². The molecule has 148 valence electrons. The standard InChI is InChI=1S/C19H29N5O2S/c1-4-24(5-2)9-8-20-18(25)16-13(3)15-17(22-12-23-19(15)27-16)21-11-14-7-6-10-26-14/h12,14H,4-11H2,1-3H3,(H,20,25)(H,21,22,23)/t14-/m0/s1. The molecule has 1 saturated heterocycles. The summed E-state index contributed by atoms with van der Waals surface area (Å²) in [4.78, 5) is 25.3. The zero-order valence-corrected chi connectivity index (χ0v) is 17.2. The molecule has 0 aromatic carbocycles. The van der Waals surface area contributed by atoms with Crippen molar-refractivity contribution in [2.45, 2.75) is 39.7 Å². The second-order valence-electron chi connectivity index (χ2n) is 6.76. The molecule has 2 aromatic rings. The van der Waals surface area contributed by atoms with Crippen LogP contribution in [-0.4, -0.2) is 66.2 Å². The number of nitrogens with zero attached hydrogens (tertiary/aromatic N) is 3. The van der Waals surface area contributed by atoms with Gasteiger partial charge in [0.2, 0.25) is 0 Å². The fourth-order valence-electron chi connectivity index (χ4n) is 3.39. The van der Waals surface area contributed by atoms with Gasteiger partial charge >= 0.3 is 0 Å². The summed E-state index contributed by atoms with van der Waals surface area (Å²) in [6, 6.07) is 0. The van der Waals surface area contributed by atoms with Crippen LogP contribution in [0.25, 0.3) is 10.2 Å². The number of aryl methyl sites for hydroxylation is 1. The van der Waals surface area contributed by atoms with E-state index in [-0.39, 0.29) is 12.0 Å². The Hall–Kier alpha value is -1.77. The normalized spacial score (nSPS) is 17.0. The molecule has 1 fully saturated rings. The van der Waals surface area contributed by atoms with Crippen molar-refractivity contribution < 1.29 is 9.53 Å². The average molecular weight is 392 g/mol. The molecule has 0 aliphatic carbocycles. The Bertz CT molecular complexity index is 769. The molecule has 1 aliphatic heterocycles. The number of likely N-dealkylation sites (N-methyl/N-ethyl adjacent to an activating group) is 1. The zero-order valence-electron chi connectivity index (χ0n) is 16.4. The van der Waals surface area contributed by atoms with Gasteiger partial charge in [0, 0.05) is 26.2 Å². The highest BCUT2D eigenvalue weighted by Gasteiger charge is 2.20. The number of hydrogen-bond acceptors (Lipinski definition) is 7. The summed E-state index contributed by atoms with van der Waals surface area (Å²) in [6.45, 7) is 11.3. The van der Waals surface area contributed by atoms with Crippen LogP contribution in [0.2, 0.25) is 0 Å². The average Bonchev–Trinajstić information content (AvgIpc) is 3.32. The number of amides is 1. The third-order valence-corrected chi connectivity index (χ3v) is 6.26. The summed E-state index contributed by atoms with van der Waals surface area (Å²) in [5.41, 5.74) is 0.936. The molecular formula is C19H29N5O2S. The lowest BCUT2D eigenvalue weighted by atomic mass is 10.2. The van der Waals surface area contributed by atoms with E-state index in [1.807, 2.05) is 6.92 Å². The van der Waals surface area contributed by atoms with E-state index in [4.69, 9.17) is 4.74 Å². The Morgan fingerprint density at radius 1 is 1.37 bits per heavy atom. The SMILES string of the molecule is CCN(CC)CCNC(=O)c1sc2ncnc(NC[C@@H]3CCCO3)c2c1C. The van der Waals surface area contributed by atoms with Crippen LogP contribution < -0.4 is 10.6 Å². The Morgan fingerprint density at radius 2 is 2.19 bits per heavy atom. The highest BCUT2D eigenvalue weighted by Crippen LogP contribution is 2.33. The molecule has 0 radical (unpaired) electrons. The maximum Gasteiger partial charge on any atom is 0.261 e. The molecule has 2 aromatic heterocycles. The first-order valence-corrected chi connectivity index (χ1v) is 10.6. The van der Waals surface area contributed by atoms with Gasteiger partial charge in [-0.05, 0) is 38.4 Å². The van der Waals surface area contributed by atoms with Crippen LogP contribution >= 0.6 is 11.3 Å². The number of rotatable bonds is 9. The van der Waals surface area contributed by atoms with Gasteiger partial charge in [-0.1, -0.05) is 13.8 Å². The van der Waals surface area contributed by atoms with Crippen molar-refractivity contribution >= 4 is 33.3 Å². The summed E-state index contributed by atoms with van der Waals surface area (Å²) in [5.74, 6) is 0.749. The van der Waals surface area contributed by atoms with Crippen molar-refractivity contribution in [2.75, 3.05) is 44.6 Å². The third-order valence-electron chi connectivity index (χ3n) is 5.06. The lowest BCUT2D eigenvalue weighted by Gasteiger charge is -2.17. The molecule has 27 heavy (non-hydrogen) atoms. The molecule has 0 unspecified atom stereocenters. The summed E-state index contributed by atoms with van der Waals surface area (Å²) in [7, 11) is 0. The zero-order chi connectivity index (χ0) is 19.2. The number of thiophene rings is 1. The minimum absolute atomic E-state index is 0.0345. The summed E-state index contributed by atoms with van der Waals surface area (Å²) in [5, 5.41) is 7.36. The van der Waals surface area contributed by atoms with E-state index in [1.165, 1.54) is 11.3 Å². The summed E-state index contributed by atoms with van der Waals surface area (Å²) >= 11 is 1.43. The Kier molecular flexibility index (Phi) is 6.98. The lowest BCUT2D eigenvalue weighted by molar-refractivity contribution is 0.0952. The molecule has 0 spiro atoms. The smallest absolute Gasteiger partial charge is 0.261 e. The Balaban J connectivity index is 1.70. The van der Waals surface area contributed by atoms with Crippen LogP contribution in [0.5, 0.6) is 0 Å². The minimum atomic E-state index is -0.0345. The number of hydrogen-bond donors (Lipinski definition) is 2. The minimum Gasteiger partial charge on any atom is -0.376 e. The van der Waals surface area contributed by atoms with E-state index in [0.717, 1.165) is 67.2 Å². The van der Waals surface area contributed by atoms with E-state index in [9.17, 15) is 4.79 Å². The van der Waals surface area contributed by atoms with Crippen LogP contribution in [0, 0.1) is 6.92 Å². The highest BCUT2D eigenvalue weighted by atomic mass is 32.1. The lowest BCUT2D eigenvalue weighted by Crippen LogP contribution is -2.34. The molecule has 1 aliphatic rings. The number of nitrogens with one attached hydrogen (secondary N) is 2. The second kappa shape index (κ2) is 9.43. The summed E-state index contributed by atoms with van der Waals surface area (Å²) in [6.07, 6.45) is 3.97. The summed E-state index contributed by atoms with van der Waals surface area (Å²) < 4.78 is 5.67. The van der Waals surface area contributed by atoms with E-state index >= 15 is 0 Å². The van der Waals surface area contributed by atoms with E-state index in [1.54, 1.807) is 6.33 Å². The van der Waals surface area contributed by atoms with Crippen molar-refractivity contribution in [3.63, 3.8) is 0 Å². The maximum absolute atomic E-state index is 12.7. The molecular weight excluding hydrogens is 362 g/mol. The molecule has 1 atom stereocenters. The molecule has 2 N–H and O–H groups in total. The third kappa shape index (κ3) is 4.75. The molecule has 7 nitrogen and oxygen atoms in total. The second-order valence-corrected chi connectivity index (χ2v) is 7.76. The molecule has 0 saturated carbocycles. The van der Waals surface area contributed by atoms with E-state index < -0.39 is 0 Å². The Labute approximate surface area is 164 Å². The first-order valence-electron chi connectivity index (χ1n) is 9.74. The largest absolute Gasteiger partial charge is 0.376 e. The topological polar surface area (TPSA) is 79.4 Å². The molecule has 1 amide bonds. The van der Waals surface area contributed by atoms with Gasteiger partial charge < -0.3 is 20.3 Å². The molecule has 3 rings (SSSR count). The van der Waals surface area contributed by atoms with Gasteiger partial charge in [-0.2, -0.15) is 0 Å². The monoisotopic (exact) mass is 391 g/mol. The quantitative estimate of drug-likeness (QED) is 0.684. The number of carbonyl (C=O) groups excluding carboxylic acids is 1. The molecule has 8 heteroatoms. The van der Waals surface area contributed by atoms with Gasteiger partial charge in [-0.15, -0.1) is 11.3 Å². The number of anilines is 1. The van der Waals surface area contributed by atoms with Crippen LogP contribution in [0.1, 0.15) is 41.9 Å². The van der Waals surface area contributed by atoms with Crippen molar-refractivity contribution in [1.82, 2.24) is 20.2 Å². The van der Waals surface area contributed by atoms with Crippen molar-refractivity contribution in [3.8, 4) is 0 Å². The molecule has 3 heterocycles. The van der Waals surface area contributed by atoms with Gasteiger partial charge in [0.25, 0.3) is 5.91 Å². The number of aromatic nitrogens is 2. The van der Waals surface area contributed by atoms with Gasteiger partial charge in [0.1, 0.15) is 17.0 Å². The van der Waals surface area contributed by atoms with Crippen molar-refractivity contribution in [3.05, 3.63) is 16.8 Å². The number of ether oxygens (including phenoxy) is 1. The van der Waals surface area contributed by atoms with Gasteiger partial charge in [-0.25, -0.2) is 9.97 Å². The van der Waals surface area contributed by atoms with Crippen LogP contribution in [0.4, 0.5) is 5.82 Å². The highest BCUT2D eigenvalue weighted by molar-refractivity contribution is 7.20. The van der Waals surface area contributed by atoms with Gasteiger partial charge in [0.05, 0.1) is 16.4 Å². The fourth-order valence-corrected chi connectivity index (χ4v) is 4.45. The first-order chi connectivity index (χ1) is 13.1. The van der Waals surface area contributed by atoms with E-state index in [0.29, 0.717) is 11.4 Å². The van der Waals surface area contributed by atoms with Crippen molar-refractivity contribution in [1.29, 1.82) is 0 Å². The number of fused-ring (bicyclic) bond motifs is 1. The predicted molar refractivity (Wildman–Crippen MR) is 110 cm³/mol. The van der Waals surface area contributed by atoms with E-state index in [2.05, 4.69) is 39.3 Å². The van der Waals surface area contributed by atoms with Gasteiger partial charge in [-0.3, -0.25) is 4.79 Å². The van der Waals surface area contributed by atoms with Crippen LogP contribution in [0.15, 0.2) is 6.33 Å². The maximum atomic E-state index is 12.7. The predicted octanol–water partition coefficient (Wildman–Crippen LogP) is 2.66. The Morgan fingerprint density at radius 3 is 2.89 bits per heavy atom. The first kappa shape index (κ1) is 20.0. The van der Waals surface area contributed by atoms with Crippen molar-refractivity contribution in [2.24, 2.45) is 0 Å². The number of carbonyl (C=O) groups is 1. The molecule has 0 bridgehead atoms.